The molecule has 0 amide bonds. The fraction of sp³-hybridized carbons (Fsp3) is 0.533. The molecule has 0 saturated heterocycles. The van der Waals surface area contributed by atoms with Crippen LogP contribution in [0, 0.1) is 0 Å². The van der Waals surface area contributed by atoms with Crippen molar-refractivity contribution in [3.8, 4) is 0 Å². The lowest BCUT2D eigenvalue weighted by molar-refractivity contribution is 0.242. The highest BCUT2D eigenvalue weighted by molar-refractivity contribution is 5.25. The molecule has 114 valence electrons. The van der Waals surface area contributed by atoms with Gasteiger partial charge in [0.2, 0.25) is 0 Å². The van der Waals surface area contributed by atoms with Crippen LogP contribution in [-0.4, -0.2) is 26.6 Å². The van der Waals surface area contributed by atoms with Crippen molar-refractivity contribution in [2.45, 2.75) is 45.0 Å². The molecule has 6 nitrogen and oxygen atoms in total. The molecule has 1 unspecified atom stereocenters. The molecule has 3 rings (SSSR count). The van der Waals surface area contributed by atoms with Crippen LogP contribution in [0.5, 0.6) is 0 Å². The van der Waals surface area contributed by atoms with Crippen LogP contribution in [0.2, 0.25) is 0 Å². The predicted molar refractivity (Wildman–Crippen MR) is 76.5 cm³/mol. The van der Waals surface area contributed by atoms with E-state index in [1.165, 1.54) is 11.3 Å². The molecule has 0 radical (unpaired) electrons. The van der Waals surface area contributed by atoms with Gasteiger partial charge in [-0.3, -0.25) is 4.68 Å². The normalized spacial score (nSPS) is 17.9. The molecule has 2 aromatic rings. The summed E-state index contributed by atoms with van der Waals surface area (Å²) in [6, 6.07) is 3.95. The van der Waals surface area contributed by atoms with E-state index in [-0.39, 0.29) is 19.3 Å². The van der Waals surface area contributed by atoms with Crippen molar-refractivity contribution in [2.24, 2.45) is 0 Å². The first-order valence-corrected chi connectivity index (χ1v) is 7.39. The quantitative estimate of drug-likeness (QED) is 0.743. The van der Waals surface area contributed by atoms with Crippen molar-refractivity contribution in [2.75, 3.05) is 6.61 Å². The summed E-state index contributed by atoms with van der Waals surface area (Å²) in [5.74, 6) is 1.42. The van der Waals surface area contributed by atoms with Crippen molar-refractivity contribution < 1.29 is 14.6 Å². The Kier molecular flexibility index (Phi) is 4.38. The average Bonchev–Trinajstić information content (AvgIpc) is 3.13. The number of nitrogens with one attached hydrogen (secondary N) is 1. The minimum absolute atomic E-state index is 0.0679. The molecule has 0 aliphatic heterocycles. The molecule has 0 bridgehead atoms. The molecule has 1 atom stereocenters. The second-order valence-electron chi connectivity index (χ2n) is 5.35. The third-order valence-corrected chi connectivity index (χ3v) is 3.97. The number of rotatable bonds is 6. The van der Waals surface area contributed by atoms with E-state index in [4.69, 9.17) is 14.6 Å². The molecule has 1 aliphatic carbocycles. The number of furan rings is 1. The predicted octanol–water partition coefficient (Wildman–Crippen LogP) is 1.13. The van der Waals surface area contributed by atoms with E-state index >= 15 is 0 Å². The van der Waals surface area contributed by atoms with Gasteiger partial charge in [-0.05, 0) is 31.4 Å². The number of aliphatic hydroxyl groups is 2. The fourth-order valence-electron chi connectivity index (χ4n) is 2.94. The highest BCUT2D eigenvalue weighted by Gasteiger charge is 2.23. The second kappa shape index (κ2) is 6.43. The van der Waals surface area contributed by atoms with Crippen LogP contribution in [0.1, 0.15) is 41.7 Å². The van der Waals surface area contributed by atoms with Crippen LogP contribution in [0.25, 0.3) is 0 Å². The standard InChI is InChI=1S/C15H21N3O3/c19-7-6-18-15-3-1-2-14(13(15)9-17-18)16-8-11-4-5-12(10-20)21-11/h4-5,9,14,16,19-20H,1-3,6-8,10H2. The third-order valence-electron chi connectivity index (χ3n) is 3.97. The maximum atomic E-state index is 9.07. The Labute approximate surface area is 123 Å². The zero-order valence-corrected chi connectivity index (χ0v) is 12.0. The lowest BCUT2D eigenvalue weighted by atomic mass is 9.93. The fourth-order valence-corrected chi connectivity index (χ4v) is 2.94. The van der Waals surface area contributed by atoms with Crippen LogP contribution in [-0.2, 0) is 26.1 Å². The monoisotopic (exact) mass is 291 g/mol. The Morgan fingerprint density at radius 2 is 2.19 bits per heavy atom. The molecular weight excluding hydrogens is 270 g/mol. The van der Waals surface area contributed by atoms with Gasteiger partial charge in [0.1, 0.15) is 18.1 Å². The molecule has 2 heterocycles. The van der Waals surface area contributed by atoms with Crippen molar-refractivity contribution in [1.29, 1.82) is 0 Å². The van der Waals surface area contributed by atoms with Gasteiger partial charge in [-0.2, -0.15) is 5.10 Å². The molecule has 0 fully saturated rings. The number of fused-ring (bicyclic) bond motifs is 1. The summed E-state index contributed by atoms with van der Waals surface area (Å²) >= 11 is 0. The molecule has 6 heteroatoms. The maximum Gasteiger partial charge on any atom is 0.129 e. The number of hydrogen-bond donors (Lipinski definition) is 3. The number of nitrogens with zero attached hydrogens (tertiary/aromatic N) is 2. The van der Waals surface area contributed by atoms with E-state index in [9.17, 15) is 0 Å². The first-order chi connectivity index (χ1) is 10.3. The second-order valence-corrected chi connectivity index (χ2v) is 5.35. The Bertz CT molecular complexity index is 591. The van der Waals surface area contributed by atoms with Crippen LogP contribution in [0.3, 0.4) is 0 Å². The smallest absolute Gasteiger partial charge is 0.129 e. The van der Waals surface area contributed by atoms with Gasteiger partial charge in [-0.15, -0.1) is 0 Å². The Balaban J connectivity index is 1.67. The van der Waals surface area contributed by atoms with Crippen LogP contribution in [0.4, 0.5) is 0 Å². The summed E-state index contributed by atoms with van der Waals surface area (Å²) in [5.41, 5.74) is 2.45. The highest BCUT2D eigenvalue weighted by atomic mass is 16.4. The summed E-state index contributed by atoms with van der Waals surface area (Å²) in [5, 5.41) is 25.9. The largest absolute Gasteiger partial charge is 0.462 e. The SMILES string of the molecule is OCCn1ncc2c1CCCC2NCc1ccc(CO)o1. The van der Waals surface area contributed by atoms with Crippen LogP contribution >= 0.6 is 0 Å². The highest BCUT2D eigenvalue weighted by Crippen LogP contribution is 2.29. The minimum Gasteiger partial charge on any atom is -0.462 e. The van der Waals surface area contributed by atoms with E-state index in [1.807, 2.05) is 16.9 Å². The number of hydrogen-bond acceptors (Lipinski definition) is 5. The van der Waals surface area contributed by atoms with Crippen molar-refractivity contribution in [1.82, 2.24) is 15.1 Å². The van der Waals surface area contributed by atoms with Crippen LogP contribution in [0.15, 0.2) is 22.7 Å². The van der Waals surface area contributed by atoms with E-state index in [1.54, 1.807) is 6.07 Å². The van der Waals surface area contributed by atoms with Gasteiger partial charge in [0.15, 0.2) is 0 Å². The third kappa shape index (κ3) is 3.02. The minimum atomic E-state index is -0.0679. The molecule has 2 aromatic heterocycles. The lowest BCUT2D eigenvalue weighted by Gasteiger charge is -2.24. The molecule has 0 aromatic carbocycles. The van der Waals surface area contributed by atoms with Gasteiger partial charge in [-0.25, -0.2) is 0 Å². The maximum absolute atomic E-state index is 9.07. The van der Waals surface area contributed by atoms with E-state index in [2.05, 4.69) is 10.4 Å². The van der Waals surface area contributed by atoms with Crippen molar-refractivity contribution in [3.63, 3.8) is 0 Å². The lowest BCUT2D eigenvalue weighted by Crippen LogP contribution is -2.25. The Morgan fingerprint density at radius 3 is 2.95 bits per heavy atom. The summed E-state index contributed by atoms with van der Waals surface area (Å²) in [6.45, 7) is 1.24. The molecule has 0 spiro atoms. The summed E-state index contributed by atoms with van der Waals surface area (Å²) in [7, 11) is 0. The Morgan fingerprint density at radius 1 is 1.33 bits per heavy atom. The zero-order chi connectivity index (χ0) is 14.7. The number of aromatic nitrogens is 2. The van der Waals surface area contributed by atoms with E-state index < -0.39 is 0 Å². The Hall–Kier alpha value is -1.63. The molecule has 21 heavy (non-hydrogen) atoms. The van der Waals surface area contributed by atoms with Gasteiger partial charge in [0.05, 0.1) is 25.9 Å². The van der Waals surface area contributed by atoms with Crippen LogP contribution < -0.4 is 5.32 Å². The average molecular weight is 291 g/mol. The van der Waals surface area contributed by atoms with Gasteiger partial charge in [0, 0.05) is 17.3 Å². The van der Waals surface area contributed by atoms with Gasteiger partial charge in [0.25, 0.3) is 0 Å². The van der Waals surface area contributed by atoms with Gasteiger partial charge < -0.3 is 19.9 Å². The summed E-state index contributed by atoms with van der Waals surface area (Å²) in [4.78, 5) is 0. The van der Waals surface area contributed by atoms with Crippen molar-refractivity contribution >= 4 is 0 Å². The van der Waals surface area contributed by atoms with Gasteiger partial charge >= 0.3 is 0 Å². The first-order valence-electron chi connectivity index (χ1n) is 7.39. The molecule has 0 saturated carbocycles. The van der Waals surface area contributed by atoms with Crippen molar-refractivity contribution in [3.05, 3.63) is 41.1 Å². The van der Waals surface area contributed by atoms with E-state index in [0.29, 0.717) is 18.8 Å². The molecule has 1 aliphatic rings. The number of aliphatic hydroxyl groups excluding tert-OH is 2. The summed E-state index contributed by atoms with van der Waals surface area (Å²) in [6.07, 6.45) is 5.11. The molecular formula is C15H21N3O3. The topological polar surface area (TPSA) is 83.5 Å². The van der Waals surface area contributed by atoms with Gasteiger partial charge in [-0.1, -0.05) is 0 Å². The summed E-state index contributed by atoms with van der Waals surface area (Å²) < 4.78 is 7.39. The molecule has 3 N–H and O–H groups in total. The zero-order valence-electron chi connectivity index (χ0n) is 12.0. The van der Waals surface area contributed by atoms with E-state index in [0.717, 1.165) is 25.0 Å². The first kappa shape index (κ1) is 14.3.